The Bertz CT molecular complexity index is 755. The van der Waals surface area contributed by atoms with Crippen LogP contribution in [-0.4, -0.2) is 26.7 Å². The van der Waals surface area contributed by atoms with Crippen molar-refractivity contribution >= 4 is 11.6 Å². The number of anilines is 1. The summed E-state index contributed by atoms with van der Waals surface area (Å²) in [5.41, 5.74) is 8.48. The number of nitrogens with zero attached hydrogens (tertiary/aromatic N) is 1. The van der Waals surface area contributed by atoms with E-state index in [0.29, 0.717) is 11.7 Å². The van der Waals surface area contributed by atoms with Crippen LogP contribution < -0.4 is 20.5 Å². The molecule has 1 aliphatic carbocycles. The molecular weight excluding hydrogens is 326 g/mol. The summed E-state index contributed by atoms with van der Waals surface area (Å²) in [4.78, 5) is 4.63. The van der Waals surface area contributed by atoms with Gasteiger partial charge in [-0.25, -0.2) is 0 Å². The number of nitrogens with one attached hydrogen (secondary N) is 1. The molecule has 2 aromatic rings. The Balaban J connectivity index is 1.68. The van der Waals surface area contributed by atoms with Crippen molar-refractivity contribution in [3.63, 3.8) is 0 Å². The molecule has 26 heavy (non-hydrogen) atoms. The van der Waals surface area contributed by atoms with Crippen molar-refractivity contribution < 1.29 is 9.47 Å². The first-order valence-corrected chi connectivity index (χ1v) is 8.97. The highest BCUT2D eigenvalue weighted by atomic mass is 16.5. The zero-order chi connectivity index (χ0) is 18.4. The van der Waals surface area contributed by atoms with Crippen LogP contribution in [0.1, 0.15) is 24.8 Å². The average molecular weight is 353 g/mol. The summed E-state index contributed by atoms with van der Waals surface area (Å²) in [6, 6.07) is 16.2. The summed E-state index contributed by atoms with van der Waals surface area (Å²) in [7, 11) is 3.26. The minimum Gasteiger partial charge on any atom is -0.497 e. The molecule has 138 valence electrons. The lowest BCUT2D eigenvalue weighted by molar-refractivity contribution is 0.145. The van der Waals surface area contributed by atoms with E-state index in [1.165, 1.54) is 24.8 Å². The predicted octanol–water partition coefficient (Wildman–Crippen LogP) is 3.84. The van der Waals surface area contributed by atoms with Gasteiger partial charge in [0.2, 0.25) is 0 Å². The van der Waals surface area contributed by atoms with Crippen molar-refractivity contribution in [1.82, 2.24) is 0 Å². The van der Waals surface area contributed by atoms with E-state index in [-0.39, 0.29) is 5.41 Å². The van der Waals surface area contributed by atoms with E-state index in [2.05, 4.69) is 40.6 Å². The molecule has 0 amide bonds. The highest BCUT2D eigenvalue weighted by molar-refractivity contribution is 5.94. The summed E-state index contributed by atoms with van der Waals surface area (Å²) >= 11 is 0. The molecule has 1 fully saturated rings. The standard InChI is InChI=1S/C21H27N3O2/c1-25-17-9-10-19(26-2)18(13-17)24-20(22)23-15-21(11-6-12-21)14-16-7-4-3-5-8-16/h3-5,7-10,13H,6,11-12,14-15H2,1-2H3,(H3,22,23,24). The fourth-order valence-corrected chi connectivity index (χ4v) is 3.44. The van der Waals surface area contributed by atoms with Crippen LogP contribution in [0.15, 0.2) is 53.5 Å². The number of aliphatic imine (C=N–C) groups is 1. The summed E-state index contributed by atoms with van der Waals surface area (Å²) in [5.74, 6) is 1.84. The maximum Gasteiger partial charge on any atom is 0.193 e. The topological polar surface area (TPSA) is 68.9 Å². The number of guanidine groups is 1. The van der Waals surface area contributed by atoms with Gasteiger partial charge in [0.05, 0.1) is 19.9 Å². The Morgan fingerprint density at radius 3 is 2.50 bits per heavy atom. The molecule has 3 rings (SSSR count). The molecule has 1 aliphatic rings. The van der Waals surface area contributed by atoms with Crippen molar-refractivity contribution in [2.75, 3.05) is 26.1 Å². The Morgan fingerprint density at radius 1 is 1.12 bits per heavy atom. The molecule has 5 nitrogen and oxygen atoms in total. The zero-order valence-electron chi connectivity index (χ0n) is 15.5. The second-order valence-electron chi connectivity index (χ2n) is 6.91. The largest absolute Gasteiger partial charge is 0.497 e. The smallest absolute Gasteiger partial charge is 0.193 e. The Labute approximate surface area is 155 Å². The molecule has 0 bridgehead atoms. The van der Waals surface area contributed by atoms with Crippen LogP contribution in [0.4, 0.5) is 5.69 Å². The third kappa shape index (κ3) is 4.28. The number of nitrogens with two attached hydrogens (primary N) is 1. The van der Waals surface area contributed by atoms with Crippen LogP contribution >= 0.6 is 0 Å². The molecule has 0 unspecified atom stereocenters. The number of hydrogen-bond donors (Lipinski definition) is 2. The fraction of sp³-hybridized carbons (Fsp3) is 0.381. The minimum atomic E-state index is 0.228. The van der Waals surface area contributed by atoms with Crippen LogP contribution in [0.3, 0.4) is 0 Å². The lowest BCUT2D eigenvalue weighted by Gasteiger charge is -2.41. The van der Waals surface area contributed by atoms with Gasteiger partial charge in [-0.1, -0.05) is 36.8 Å². The van der Waals surface area contributed by atoms with Gasteiger partial charge in [-0.15, -0.1) is 0 Å². The molecule has 0 spiro atoms. The lowest BCUT2D eigenvalue weighted by Crippen LogP contribution is -2.36. The van der Waals surface area contributed by atoms with Crippen LogP contribution in [0.2, 0.25) is 0 Å². The summed E-state index contributed by atoms with van der Waals surface area (Å²) in [6.07, 6.45) is 4.70. The van der Waals surface area contributed by atoms with Gasteiger partial charge in [0.1, 0.15) is 11.5 Å². The SMILES string of the molecule is COc1ccc(OC)c(NC(N)=NCC2(Cc3ccccc3)CCC2)c1. The van der Waals surface area contributed by atoms with Crippen LogP contribution in [0.5, 0.6) is 11.5 Å². The molecule has 2 aromatic carbocycles. The molecular formula is C21H27N3O2. The highest BCUT2D eigenvalue weighted by Gasteiger charge is 2.36. The van der Waals surface area contributed by atoms with Gasteiger partial charge in [0.25, 0.3) is 0 Å². The quantitative estimate of drug-likeness (QED) is 0.586. The van der Waals surface area contributed by atoms with Gasteiger partial charge in [-0.05, 0) is 42.4 Å². The summed E-state index contributed by atoms with van der Waals surface area (Å²) in [5, 5.41) is 3.14. The van der Waals surface area contributed by atoms with Gasteiger partial charge >= 0.3 is 0 Å². The second kappa shape index (κ2) is 8.13. The van der Waals surface area contributed by atoms with Crippen LogP contribution in [-0.2, 0) is 6.42 Å². The Morgan fingerprint density at radius 2 is 1.88 bits per heavy atom. The molecule has 1 saturated carbocycles. The normalized spacial score (nSPS) is 15.8. The van der Waals surface area contributed by atoms with Gasteiger partial charge in [0.15, 0.2) is 5.96 Å². The lowest BCUT2D eigenvalue weighted by atomic mass is 9.65. The zero-order valence-corrected chi connectivity index (χ0v) is 15.5. The average Bonchev–Trinajstić information content (AvgIpc) is 2.64. The van der Waals surface area contributed by atoms with E-state index in [1.54, 1.807) is 14.2 Å². The van der Waals surface area contributed by atoms with E-state index in [1.807, 2.05) is 18.2 Å². The number of rotatable bonds is 7. The van der Waals surface area contributed by atoms with Crippen LogP contribution in [0.25, 0.3) is 0 Å². The number of hydrogen-bond acceptors (Lipinski definition) is 3. The molecule has 3 N–H and O–H groups in total. The van der Waals surface area contributed by atoms with Gasteiger partial charge in [0, 0.05) is 12.6 Å². The molecule has 0 saturated heterocycles. The molecule has 0 radical (unpaired) electrons. The van der Waals surface area contributed by atoms with Crippen molar-refractivity contribution in [2.24, 2.45) is 16.1 Å². The fourth-order valence-electron chi connectivity index (χ4n) is 3.44. The van der Waals surface area contributed by atoms with E-state index in [0.717, 1.165) is 24.4 Å². The predicted molar refractivity (Wildman–Crippen MR) is 106 cm³/mol. The summed E-state index contributed by atoms with van der Waals surface area (Å²) < 4.78 is 10.6. The molecule has 5 heteroatoms. The van der Waals surface area contributed by atoms with Gasteiger partial charge in [-0.3, -0.25) is 4.99 Å². The van der Waals surface area contributed by atoms with E-state index >= 15 is 0 Å². The minimum absolute atomic E-state index is 0.228. The molecule has 0 atom stereocenters. The maximum atomic E-state index is 6.14. The first kappa shape index (κ1) is 18.1. The van der Waals surface area contributed by atoms with E-state index in [9.17, 15) is 0 Å². The highest BCUT2D eigenvalue weighted by Crippen LogP contribution is 2.44. The number of benzene rings is 2. The number of ether oxygens (including phenoxy) is 2. The molecule has 0 heterocycles. The third-order valence-electron chi connectivity index (χ3n) is 5.09. The maximum absolute atomic E-state index is 6.14. The number of methoxy groups -OCH3 is 2. The molecule has 0 aromatic heterocycles. The Hall–Kier alpha value is -2.69. The van der Waals surface area contributed by atoms with Crippen molar-refractivity contribution in [2.45, 2.75) is 25.7 Å². The first-order chi connectivity index (χ1) is 12.6. The first-order valence-electron chi connectivity index (χ1n) is 8.97. The van der Waals surface area contributed by atoms with E-state index in [4.69, 9.17) is 15.2 Å². The van der Waals surface area contributed by atoms with Crippen LogP contribution in [0, 0.1) is 5.41 Å². The Kier molecular flexibility index (Phi) is 5.66. The molecule has 0 aliphatic heterocycles. The second-order valence-corrected chi connectivity index (χ2v) is 6.91. The van der Waals surface area contributed by atoms with Gasteiger partial charge in [-0.2, -0.15) is 0 Å². The monoisotopic (exact) mass is 353 g/mol. The summed E-state index contributed by atoms with van der Waals surface area (Å²) in [6.45, 7) is 0.729. The van der Waals surface area contributed by atoms with E-state index < -0.39 is 0 Å². The van der Waals surface area contributed by atoms with Crippen molar-refractivity contribution in [1.29, 1.82) is 0 Å². The van der Waals surface area contributed by atoms with Crippen molar-refractivity contribution in [3.8, 4) is 11.5 Å². The third-order valence-corrected chi connectivity index (χ3v) is 5.09. The van der Waals surface area contributed by atoms with Gasteiger partial charge < -0.3 is 20.5 Å². The van der Waals surface area contributed by atoms with Crippen molar-refractivity contribution in [3.05, 3.63) is 54.1 Å².